The second kappa shape index (κ2) is 4.75. The number of hydrogen-bond acceptors (Lipinski definition) is 0. The molecule has 1 heterocycles. The Morgan fingerprint density at radius 3 is 2.94 bits per heavy atom. The van der Waals surface area contributed by atoms with Crippen molar-refractivity contribution < 1.29 is 0 Å². The Kier molecular flexibility index (Phi) is 3.35. The minimum Gasteiger partial charge on any atom is -0.348 e. The van der Waals surface area contributed by atoms with Crippen molar-refractivity contribution in [2.75, 3.05) is 0 Å². The van der Waals surface area contributed by atoms with Crippen LogP contribution in [0, 0.1) is 0 Å². The largest absolute Gasteiger partial charge is 0.348 e. The molecule has 0 aliphatic carbocycles. The van der Waals surface area contributed by atoms with E-state index in [1.165, 1.54) is 16.6 Å². The molecule has 0 saturated carbocycles. The maximum absolute atomic E-state index is 6.00. The van der Waals surface area contributed by atoms with Crippen molar-refractivity contribution in [3.63, 3.8) is 0 Å². The fourth-order valence-electron chi connectivity index (χ4n) is 2.03. The van der Waals surface area contributed by atoms with Crippen LogP contribution in [0.1, 0.15) is 18.5 Å². The van der Waals surface area contributed by atoms with E-state index in [9.17, 15) is 0 Å². The van der Waals surface area contributed by atoms with Crippen LogP contribution in [0.25, 0.3) is 10.9 Å². The summed E-state index contributed by atoms with van der Waals surface area (Å²) in [6, 6.07) is 8.29. The molecule has 2 heteroatoms. The Morgan fingerprint density at radius 2 is 2.19 bits per heavy atom. The molecule has 1 aromatic heterocycles. The zero-order valence-corrected chi connectivity index (χ0v) is 10.3. The molecular weight excluding hydrogens is 218 g/mol. The molecule has 0 aliphatic heterocycles. The van der Waals surface area contributed by atoms with Crippen molar-refractivity contribution in [3.8, 4) is 0 Å². The van der Waals surface area contributed by atoms with Gasteiger partial charge >= 0.3 is 0 Å². The first kappa shape index (κ1) is 11.3. The van der Waals surface area contributed by atoms with Crippen LogP contribution in [0.4, 0.5) is 0 Å². The molecule has 0 saturated heterocycles. The highest BCUT2D eigenvalue weighted by atomic mass is 35.5. The summed E-state index contributed by atoms with van der Waals surface area (Å²) in [6.07, 6.45) is 5.29. The molecule has 1 nitrogen and oxygen atoms in total. The van der Waals surface area contributed by atoms with Gasteiger partial charge in [-0.25, -0.2) is 0 Å². The molecule has 2 rings (SSSR count). The van der Waals surface area contributed by atoms with Gasteiger partial charge in [0.25, 0.3) is 0 Å². The van der Waals surface area contributed by atoms with Gasteiger partial charge in [-0.1, -0.05) is 23.7 Å². The van der Waals surface area contributed by atoms with Crippen LogP contribution < -0.4 is 0 Å². The predicted molar refractivity (Wildman–Crippen MR) is 71.1 cm³/mol. The number of aromatic nitrogens is 1. The number of hydrogen-bond donors (Lipinski definition) is 0. The Balaban J connectivity index is 2.32. The van der Waals surface area contributed by atoms with Crippen LogP contribution in [0.15, 0.2) is 36.9 Å². The third-order valence-electron chi connectivity index (χ3n) is 2.95. The number of fused-ring (bicyclic) bond motifs is 1. The number of nitrogens with zero attached hydrogens (tertiary/aromatic N) is 1. The van der Waals surface area contributed by atoms with Crippen molar-refractivity contribution in [2.24, 2.45) is 7.05 Å². The summed E-state index contributed by atoms with van der Waals surface area (Å²) in [6.45, 7) is 3.74. The first-order valence-electron chi connectivity index (χ1n) is 5.57. The van der Waals surface area contributed by atoms with Gasteiger partial charge in [0.15, 0.2) is 0 Å². The van der Waals surface area contributed by atoms with E-state index < -0.39 is 0 Å². The van der Waals surface area contributed by atoms with E-state index in [4.69, 9.17) is 11.6 Å². The molecule has 1 aromatic carbocycles. The molecule has 16 heavy (non-hydrogen) atoms. The highest BCUT2D eigenvalue weighted by molar-refractivity contribution is 6.31. The summed E-state index contributed by atoms with van der Waals surface area (Å²) >= 11 is 6.00. The molecule has 0 N–H and O–H groups in total. The summed E-state index contributed by atoms with van der Waals surface area (Å²) in [5, 5.41) is 2.06. The van der Waals surface area contributed by atoms with Crippen molar-refractivity contribution in [1.29, 1.82) is 0 Å². The van der Waals surface area contributed by atoms with Gasteiger partial charge in [0, 0.05) is 23.3 Å². The average Bonchev–Trinajstić information content (AvgIpc) is 2.57. The highest BCUT2D eigenvalue weighted by Gasteiger charge is 2.05. The number of rotatable bonds is 4. The normalized spacial score (nSPS) is 10.9. The first-order chi connectivity index (χ1) is 7.72. The number of benzene rings is 1. The molecule has 0 amide bonds. The van der Waals surface area contributed by atoms with Crippen molar-refractivity contribution in [3.05, 3.63) is 47.6 Å². The minimum atomic E-state index is 0.798. The molecule has 0 atom stereocenters. The second-order valence-electron chi connectivity index (χ2n) is 4.08. The molecule has 2 aromatic rings. The van der Waals surface area contributed by atoms with Crippen LogP contribution in [0.5, 0.6) is 0 Å². The van der Waals surface area contributed by atoms with E-state index in [1.807, 2.05) is 18.2 Å². The first-order valence-corrected chi connectivity index (χ1v) is 5.95. The van der Waals surface area contributed by atoms with E-state index in [-0.39, 0.29) is 0 Å². The zero-order valence-electron chi connectivity index (χ0n) is 9.54. The van der Waals surface area contributed by atoms with Crippen LogP contribution >= 0.6 is 11.6 Å². The molecule has 0 bridgehead atoms. The number of aryl methyl sites for hydroxylation is 2. The van der Waals surface area contributed by atoms with Gasteiger partial charge < -0.3 is 4.57 Å². The number of unbranched alkanes of at least 4 members (excludes halogenated alkanes) is 1. The van der Waals surface area contributed by atoms with Crippen molar-refractivity contribution in [2.45, 2.75) is 19.3 Å². The Bertz CT molecular complexity index is 511. The number of allylic oxidation sites excluding steroid dienone is 1. The molecule has 0 radical (unpaired) electrons. The van der Waals surface area contributed by atoms with E-state index in [1.54, 1.807) is 0 Å². The molecule has 0 aliphatic rings. The van der Waals surface area contributed by atoms with Crippen LogP contribution in [-0.2, 0) is 13.5 Å². The van der Waals surface area contributed by atoms with Gasteiger partial charge in [-0.15, -0.1) is 6.58 Å². The lowest BCUT2D eigenvalue weighted by molar-refractivity contribution is 0.770. The van der Waals surface area contributed by atoms with Crippen LogP contribution in [0.2, 0.25) is 5.02 Å². The average molecular weight is 234 g/mol. The lowest BCUT2D eigenvalue weighted by Gasteiger charge is -2.03. The molecule has 0 unspecified atom stereocenters. The third kappa shape index (κ3) is 2.14. The van der Waals surface area contributed by atoms with Crippen LogP contribution in [0.3, 0.4) is 0 Å². The monoisotopic (exact) mass is 233 g/mol. The lowest BCUT2D eigenvalue weighted by atomic mass is 10.2. The van der Waals surface area contributed by atoms with Crippen molar-refractivity contribution >= 4 is 22.5 Å². The third-order valence-corrected chi connectivity index (χ3v) is 3.18. The Morgan fingerprint density at radius 1 is 1.38 bits per heavy atom. The quantitative estimate of drug-likeness (QED) is 0.547. The second-order valence-corrected chi connectivity index (χ2v) is 4.52. The van der Waals surface area contributed by atoms with E-state index >= 15 is 0 Å². The van der Waals surface area contributed by atoms with Gasteiger partial charge in [0.1, 0.15) is 0 Å². The summed E-state index contributed by atoms with van der Waals surface area (Å²) < 4.78 is 2.23. The standard InChI is InChI=1S/C14H16ClN/c1-3-4-5-6-13-9-11-7-8-12(15)10-14(11)16(13)2/h3,7-10H,1,4-6H2,2H3. The maximum Gasteiger partial charge on any atom is 0.0494 e. The maximum atomic E-state index is 6.00. The van der Waals surface area contributed by atoms with E-state index in [2.05, 4.69) is 30.3 Å². The molecule has 84 valence electrons. The van der Waals surface area contributed by atoms with Gasteiger partial charge in [-0.05, 0) is 42.8 Å². The SMILES string of the molecule is C=CCCCc1cc2ccc(Cl)cc2n1C. The Hall–Kier alpha value is -1.21. The highest BCUT2D eigenvalue weighted by Crippen LogP contribution is 2.23. The summed E-state index contributed by atoms with van der Waals surface area (Å²) in [4.78, 5) is 0. The van der Waals surface area contributed by atoms with Gasteiger partial charge in [-0.3, -0.25) is 0 Å². The lowest BCUT2D eigenvalue weighted by Crippen LogP contribution is -1.95. The molecule has 0 fully saturated rings. The molecule has 0 spiro atoms. The summed E-state index contributed by atoms with van der Waals surface area (Å²) in [7, 11) is 2.10. The summed E-state index contributed by atoms with van der Waals surface area (Å²) in [5.41, 5.74) is 2.57. The van der Waals surface area contributed by atoms with E-state index in [0.29, 0.717) is 0 Å². The topological polar surface area (TPSA) is 4.93 Å². The van der Waals surface area contributed by atoms with Gasteiger partial charge in [-0.2, -0.15) is 0 Å². The smallest absolute Gasteiger partial charge is 0.0494 e. The minimum absolute atomic E-state index is 0.798. The predicted octanol–water partition coefficient (Wildman–Crippen LogP) is 4.34. The fraction of sp³-hybridized carbons (Fsp3) is 0.286. The van der Waals surface area contributed by atoms with Gasteiger partial charge in [0.2, 0.25) is 0 Å². The zero-order chi connectivity index (χ0) is 11.5. The van der Waals surface area contributed by atoms with E-state index in [0.717, 1.165) is 24.3 Å². The van der Waals surface area contributed by atoms with Crippen LogP contribution in [-0.4, -0.2) is 4.57 Å². The summed E-state index contributed by atoms with van der Waals surface area (Å²) in [5.74, 6) is 0. The Labute approximate surface area is 101 Å². The molecular formula is C14H16ClN. The fourth-order valence-corrected chi connectivity index (χ4v) is 2.19. The number of halogens is 1. The van der Waals surface area contributed by atoms with Gasteiger partial charge in [0.05, 0.1) is 0 Å². The van der Waals surface area contributed by atoms with Crippen molar-refractivity contribution in [1.82, 2.24) is 4.57 Å².